The summed E-state index contributed by atoms with van der Waals surface area (Å²) < 4.78 is 6.63. The summed E-state index contributed by atoms with van der Waals surface area (Å²) in [4.78, 5) is 0. The quantitative estimate of drug-likeness (QED) is 0.166. The van der Waals surface area contributed by atoms with Crippen molar-refractivity contribution in [1.82, 2.24) is 0 Å². The molecule has 0 bridgehead atoms. The first-order chi connectivity index (χ1) is 27.3. The highest BCUT2D eigenvalue weighted by Gasteiger charge is 2.53. The Bertz CT molecular complexity index is 3100. The highest BCUT2D eigenvalue weighted by Crippen LogP contribution is 2.65. The van der Waals surface area contributed by atoms with Crippen LogP contribution in [0.2, 0.25) is 0 Å². The lowest BCUT2D eigenvalue weighted by atomic mass is 9.66. The van der Waals surface area contributed by atoms with E-state index in [-0.39, 0.29) is 0 Å². The summed E-state index contributed by atoms with van der Waals surface area (Å²) in [7, 11) is 0. The van der Waals surface area contributed by atoms with Gasteiger partial charge < -0.3 is 4.74 Å². The molecule has 1 nitrogen and oxygen atoms in total. The van der Waals surface area contributed by atoms with Crippen LogP contribution >= 0.6 is 0 Å². The Kier molecular flexibility index (Phi) is 5.56. The zero-order valence-electron chi connectivity index (χ0n) is 29.9. The molecule has 1 unspecified atom stereocenters. The Morgan fingerprint density at radius 2 is 0.727 bits per heavy atom. The fraction of sp³-hybridized carbons (Fsp3) is 0.0370. The number of fused-ring (bicyclic) bond motifs is 21. The van der Waals surface area contributed by atoms with Crippen molar-refractivity contribution in [3.63, 3.8) is 0 Å². The van der Waals surface area contributed by atoms with E-state index < -0.39 is 10.8 Å². The van der Waals surface area contributed by atoms with Crippen molar-refractivity contribution in [3.8, 4) is 56.0 Å². The molecule has 0 fully saturated rings. The van der Waals surface area contributed by atoms with Crippen LogP contribution in [0.25, 0.3) is 55.3 Å². The molecule has 3 aliphatic carbocycles. The predicted molar refractivity (Wildman–Crippen MR) is 223 cm³/mol. The smallest absolute Gasteiger partial charge is 0.132 e. The number of ether oxygens (including phenoxy) is 1. The lowest BCUT2D eigenvalue weighted by Crippen LogP contribution is -2.32. The van der Waals surface area contributed by atoms with Crippen LogP contribution in [0.1, 0.15) is 44.5 Å². The first-order valence-corrected chi connectivity index (χ1v) is 19.3. The second kappa shape index (κ2) is 10.4. The van der Waals surface area contributed by atoms with Gasteiger partial charge in [-0.2, -0.15) is 0 Å². The van der Waals surface area contributed by atoms with Gasteiger partial charge in [0.25, 0.3) is 0 Å². The zero-order chi connectivity index (χ0) is 35.9. The van der Waals surface area contributed by atoms with Crippen LogP contribution in [-0.2, 0) is 10.8 Å². The highest BCUT2D eigenvalue weighted by atomic mass is 16.5. The van der Waals surface area contributed by atoms with E-state index in [0.717, 1.165) is 11.5 Å². The fourth-order valence-corrected chi connectivity index (χ4v) is 11.1. The van der Waals surface area contributed by atoms with Crippen molar-refractivity contribution in [3.05, 3.63) is 239 Å². The maximum Gasteiger partial charge on any atom is 0.132 e. The number of hydrogen-bond donors (Lipinski definition) is 0. The molecule has 4 aliphatic rings. The first kappa shape index (κ1) is 29.5. The molecule has 2 spiro atoms. The summed E-state index contributed by atoms with van der Waals surface area (Å²) in [5.41, 5.74) is 19.8. The second-order valence-corrected chi connectivity index (χ2v) is 15.5. The Morgan fingerprint density at radius 3 is 1.33 bits per heavy atom. The van der Waals surface area contributed by atoms with E-state index in [4.69, 9.17) is 4.74 Å². The molecule has 1 atom stereocenters. The van der Waals surface area contributed by atoms with Crippen LogP contribution in [0.5, 0.6) is 11.5 Å². The minimum Gasteiger partial charge on any atom is -0.457 e. The third-order valence-corrected chi connectivity index (χ3v) is 13.2. The molecule has 254 valence electrons. The molecule has 0 saturated heterocycles. The Balaban J connectivity index is 1.09. The van der Waals surface area contributed by atoms with Gasteiger partial charge in [0.1, 0.15) is 11.5 Å². The first-order valence-electron chi connectivity index (χ1n) is 19.3. The molecule has 0 saturated carbocycles. The molecule has 9 aromatic rings. The molecular weight excluding hydrogens is 665 g/mol. The van der Waals surface area contributed by atoms with Gasteiger partial charge in [0.15, 0.2) is 0 Å². The van der Waals surface area contributed by atoms with Crippen molar-refractivity contribution in [1.29, 1.82) is 0 Å². The second-order valence-electron chi connectivity index (χ2n) is 15.5. The standard InChI is InChI=1S/C54H32O/c1-2-14-36-33(13-1)27-30-47-52(36)41-17-5-8-20-44(41)53(47)42-18-6-3-15-37(42)39-28-25-34(31-48(39)53)35-26-29-40-38-16-4-7-19-43(38)54(49(40)32-35)45-21-9-11-23-50(45)55-51-24-12-10-22-46(51)54/h1-32H. The molecule has 0 amide bonds. The SMILES string of the molecule is c1ccc2c(c1)Oc1ccccc1C21c2ccccc2-c2ccc(-c3ccc4c(c3)C3(c5ccccc5-4)c4ccccc4-c4c3ccc3ccccc43)cc21. The van der Waals surface area contributed by atoms with Gasteiger partial charge in [-0.3, -0.25) is 0 Å². The maximum absolute atomic E-state index is 6.63. The van der Waals surface area contributed by atoms with Crippen molar-refractivity contribution < 1.29 is 4.74 Å². The third-order valence-electron chi connectivity index (χ3n) is 13.2. The minimum absolute atomic E-state index is 0.426. The molecule has 0 N–H and O–H groups in total. The van der Waals surface area contributed by atoms with Crippen molar-refractivity contribution in [2.45, 2.75) is 10.8 Å². The third kappa shape index (κ3) is 3.46. The van der Waals surface area contributed by atoms with Crippen molar-refractivity contribution in [2.24, 2.45) is 0 Å². The van der Waals surface area contributed by atoms with Gasteiger partial charge in [0.2, 0.25) is 0 Å². The van der Waals surface area contributed by atoms with Gasteiger partial charge in [-0.1, -0.05) is 170 Å². The highest BCUT2D eigenvalue weighted by molar-refractivity contribution is 6.06. The molecule has 55 heavy (non-hydrogen) atoms. The fourth-order valence-electron chi connectivity index (χ4n) is 11.1. The van der Waals surface area contributed by atoms with Gasteiger partial charge in [0, 0.05) is 11.1 Å². The van der Waals surface area contributed by atoms with E-state index in [9.17, 15) is 0 Å². The molecule has 1 aliphatic heterocycles. The van der Waals surface area contributed by atoms with Crippen LogP contribution < -0.4 is 4.74 Å². The summed E-state index contributed by atoms with van der Waals surface area (Å²) in [5.74, 6) is 1.83. The summed E-state index contributed by atoms with van der Waals surface area (Å²) in [6.07, 6.45) is 0. The zero-order valence-corrected chi connectivity index (χ0v) is 29.9. The lowest BCUT2D eigenvalue weighted by molar-refractivity contribution is 0.436. The van der Waals surface area contributed by atoms with Crippen LogP contribution in [0, 0.1) is 0 Å². The Hall–Kier alpha value is -6.96. The molecule has 0 aromatic heterocycles. The summed E-state index contributed by atoms with van der Waals surface area (Å²) in [6, 6.07) is 72.5. The molecule has 9 aromatic carbocycles. The summed E-state index contributed by atoms with van der Waals surface area (Å²) in [6.45, 7) is 0. The molecular formula is C54H32O. The summed E-state index contributed by atoms with van der Waals surface area (Å²) >= 11 is 0. The van der Waals surface area contributed by atoms with E-state index in [1.807, 2.05) is 0 Å². The average Bonchev–Trinajstić information content (AvgIpc) is 3.84. The summed E-state index contributed by atoms with van der Waals surface area (Å²) in [5, 5.41) is 2.59. The van der Waals surface area contributed by atoms with Crippen LogP contribution in [-0.4, -0.2) is 0 Å². The van der Waals surface area contributed by atoms with Crippen molar-refractivity contribution >= 4 is 10.8 Å². The van der Waals surface area contributed by atoms with Crippen LogP contribution in [0.3, 0.4) is 0 Å². The van der Waals surface area contributed by atoms with Gasteiger partial charge in [-0.15, -0.1) is 0 Å². The number of para-hydroxylation sites is 2. The van der Waals surface area contributed by atoms with E-state index in [0.29, 0.717) is 0 Å². The topological polar surface area (TPSA) is 9.23 Å². The predicted octanol–water partition coefficient (Wildman–Crippen LogP) is 13.3. The van der Waals surface area contributed by atoms with E-state index >= 15 is 0 Å². The van der Waals surface area contributed by atoms with Crippen molar-refractivity contribution in [2.75, 3.05) is 0 Å². The van der Waals surface area contributed by atoms with Gasteiger partial charge in [-0.25, -0.2) is 0 Å². The van der Waals surface area contributed by atoms with Gasteiger partial charge in [-0.05, 0) is 113 Å². The van der Waals surface area contributed by atoms with E-state index in [1.165, 1.54) is 99.8 Å². The molecule has 0 radical (unpaired) electrons. The van der Waals surface area contributed by atoms with Gasteiger partial charge in [0.05, 0.1) is 10.8 Å². The number of benzene rings is 9. The number of hydrogen-bond acceptors (Lipinski definition) is 1. The minimum atomic E-state index is -0.508. The largest absolute Gasteiger partial charge is 0.457 e. The molecule has 1 heteroatoms. The lowest BCUT2D eigenvalue weighted by Gasteiger charge is -2.39. The number of rotatable bonds is 1. The monoisotopic (exact) mass is 696 g/mol. The maximum atomic E-state index is 6.63. The van der Waals surface area contributed by atoms with Gasteiger partial charge >= 0.3 is 0 Å². The normalized spacial score (nSPS) is 16.7. The van der Waals surface area contributed by atoms with Crippen LogP contribution in [0.4, 0.5) is 0 Å². The Morgan fingerprint density at radius 1 is 0.291 bits per heavy atom. The average molecular weight is 697 g/mol. The Labute approximate surface area is 319 Å². The van der Waals surface area contributed by atoms with Crippen LogP contribution in [0.15, 0.2) is 194 Å². The van der Waals surface area contributed by atoms with E-state index in [1.54, 1.807) is 0 Å². The molecule has 1 heterocycles. The molecule has 13 rings (SSSR count). The van der Waals surface area contributed by atoms with E-state index in [2.05, 4.69) is 194 Å².